The quantitative estimate of drug-likeness (QED) is 0.513. The van der Waals surface area contributed by atoms with Crippen LogP contribution in [0.15, 0.2) is 54.6 Å². The van der Waals surface area contributed by atoms with Gasteiger partial charge in [-0.2, -0.15) is 0 Å². The second kappa shape index (κ2) is 23.5. The van der Waals surface area contributed by atoms with Crippen molar-refractivity contribution in [2.75, 3.05) is 12.4 Å². The molecule has 0 heterocycles. The number of carbonyl (C=O) groups excluding carboxylic acids is 1. The van der Waals surface area contributed by atoms with E-state index in [1.165, 1.54) is 7.11 Å². The smallest absolute Gasteiger partial charge is 0.411 e. The molecule has 2 aromatic carbocycles. The lowest BCUT2D eigenvalue weighted by molar-refractivity contribution is -0.136. The molecule has 0 spiro atoms. The maximum absolute atomic E-state index is 10.6. The normalized spacial score (nSPS) is 8.45. The first-order valence-electron chi connectivity index (χ1n) is 11.1. The summed E-state index contributed by atoms with van der Waals surface area (Å²) in [4.78, 5) is 21.3. The largest absolute Gasteiger partial charge is 0.481 e. The van der Waals surface area contributed by atoms with Crippen LogP contribution in [-0.2, 0) is 22.4 Å². The number of hydrogen-bond acceptors (Lipinski definition) is 3. The summed E-state index contributed by atoms with van der Waals surface area (Å²) in [6.45, 7) is 16.3. The zero-order valence-electron chi connectivity index (χ0n) is 20.9. The third-order valence-corrected chi connectivity index (χ3v) is 3.29. The van der Waals surface area contributed by atoms with E-state index in [9.17, 15) is 9.59 Å². The van der Waals surface area contributed by atoms with Gasteiger partial charge in [-0.1, -0.05) is 97.9 Å². The first kappa shape index (κ1) is 32.8. The van der Waals surface area contributed by atoms with E-state index in [0.29, 0.717) is 5.92 Å². The molecule has 0 aliphatic heterocycles. The summed E-state index contributed by atoms with van der Waals surface area (Å²) in [6, 6.07) is 16.9. The highest BCUT2D eigenvalue weighted by Gasteiger charge is 2.07. The molecule has 176 valence electrons. The summed E-state index contributed by atoms with van der Waals surface area (Å²) in [5.74, 6) is -0.203. The van der Waals surface area contributed by atoms with Crippen molar-refractivity contribution in [2.45, 2.75) is 68.2 Å². The van der Waals surface area contributed by atoms with Crippen molar-refractivity contribution in [3.63, 3.8) is 0 Å². The van der Waals surface area contributed by atoms with Crippen LogP contribution in [0.1, 0.15) is 66.5 Å². The Morgan fingerprint density at radius 2 is 1.29 bits per heavy atom. The molecule has 2 rings (SSSR count). The van der Waals surface area contributed by atoms with Gasteiger partial charge in [0.1, 0.15) is 0 Å². The minimum Gasteiger partial charge on any atom is -0.481 e. The van der Waals surface area contributed by atoms with Crippen molar-refractivity contribution in [1.29, 1.82) is 0 Å². The van der Waals surface area contributed by atoms with Crippen LogP contribution < -0.4 is 5.32 Å². The van der Waals surface area contributed by atoms with Gasteiger partial charge >= 0.3 is 12.1 Å². The minimum atomic E-state index is -0.763. The predicted molar refractivity (Wildman–Crippen MR) is 133 cm³/mol. The lowest BCUT2D eigenvalue weighted by atomic mass is 9.96. The van der Waals surface area contributed by atoms with Crippen molar-refractivity contribution >= 4 is 17.7 Å². The van der Waals surface area contributed by atoms with Crippen LogP contribution in [0.5, 0.6) is 0 Å². The molecular formula is C26H43NO4. The second-order valence-electron chi connectivity index (χ2n) is 5.92. The Balaban J connectivity index is -0.000000414. The van der Waals surface area contributed by atoms with E-state index in [2.05, 4.69) is 23.9 Å². The fourth-order valence-corrected chi connectivity index (χ4v) is 2.22. The zero-order valence-corrected chi connectivity index (χ0v) is 20.9. The van der Waals surface area contributed by atoms with E-state index in [-0.39, 0.29) is 6.42 Å². The Bertz CT molecular complexity index is 670. The topological polar surface area (TPSA) is 75.6 Å². The van der Waals surface area contributed by atoms with E-state index < -0.39 is 12.1 Å². The Kier molecular flexibility index (Phi) is 24.8. The van der Waals surface area contributed by atoms with Crippen molar-refractivity contribution < 1.29 is 19.4 Å². The molecular weight excluding hydrogens is 390 g/mol. The zero-order chi connectivity index (χ0) is 24.7. The predicted octanol–water partition coefficient (Wildman–Crippen LogP) is 7.46. The molecule has 0 bridgehead atoms. The highest BCUT2D eigenvalue weighted by molar-refractivity contribution is 5.84. The van der Waals surface area contributed by atoms with Gasteiger partial charge in [0.25, 0.3) is 0 Å². The maximum Gasteiger partial charge on any atom is 0.411 e. The van der Waals surface area contributed by atoms with Gasteiger partial charge in [-0.15, -0.1) is 0 Å². The lowest BCUT2D eigenvalue weighted by Crippen LogP contribution is -2.10. The molecule has 0 unspecified atom stereocenters. The summed E-state index contributed by atoms with van der Waals surface area (Å²) >= 11 is 0. The van der Waals surface area contributed by atoms with Crippen molar-refractivity contribution in [2.24, 2.45) is 5.92 Å². The van der Waals surface area contributed by atoms with Crippen LogP contribution in [0.3, 0.4) is 0 Å². The summed E-state index contributed by atoms with van der Waals surface area (Å²) in [5, 5.41) is 11.3. The highest BCUT2D eigenvalue weighted by atomic mass is 16.5. The lowest BCUT2D eigenvalue weighted by Gasteiger charge is -2.09. The molecule has 0 radical (unpaired) electrons. The van der Waals surface area contributed by atoms with Crippen molar-refractivity contribution in [3.05, 3.63) is 65.7 Å². The maximum atomic E-state index is 10.6. The van der Waals surface area contributed by atoms with Crippen LogP contribution in [-0.4, -0.2) is 24.3 Å². The molecule has 0 aliphatic carbocycles. The summed E-state index contributed by atoms with van der Waals surface area (Å²) in [5.41, 5.74) is 2.83. The van der Waals surface area contributed by atoms with E-state index >= 15 is 0 Å². The van der Waals surface area contributed by atoms with Gasteiger partial charge in [-0.25, -0.2) is 4.79 Å². The standard InChI is InChI=1S/C12H16O2.C8H9NO2.3C2H6/c1-9(2)7-10-5-3-4-6-11(10)8-12(13)14;1-11-8(10)9-7-5-3-2-4-6-7;3*1-2/h3-6,9H,7-8H2,1-2H3,(H,13,14);2-6H,1H3,(H,9,10);3*1-2H3. The number of benzene rings is 2. The number of anilines is 1. The third-order valence-electron chi connectivity index (χ3n) is 3.29. The minimum absolute atomic E-state index is 0.128. The number of amides is 1. The van der Waals surface area contributed by atoms with Crippen molar-refractivity contribution in [1.82, 2.24) is 0 Å². The van der Waals surface area contributed by atoms with E-state index in [4.69, 9.17) is 5.11 Å². The Morgan fingerprint density at radius 3 is 1.71 bits per heavy atom. The van der Waals surface area contributed by atoms with Gasteiger partial charge in [0, 0.05) is 5.69 Å². The number of hydrogen-bond donors (Lipinski definition) is 2. The van der Waals surface area contributed by atoms with E-state index in [0.717, 1.165) is 23.2 Å². The number of ether oxygens (including phenoxy) is 1. The Hall–Kier alpha value is -2.82. The number of methoxy groups -OCH3 is 1. The summed E-state index contributed by atoms with van der Waals surface area (Å²) in [7, 11) is 1.33. The van der Waals surface area contributed by atoms with Crippen LogP contribution in [0.25, 0.3) is 0 Å². The van der Waals surface area contributed by atoms with Crippen LogP contribution in [0.4, 0.5) is 10.5 Å². The molecule has 0 saturated carbocycles. The average molecular weight is 434 g/mol. The number of nitrogens with one attached hydrogen (secondary N) is 1. The molecule has 0 fully saturated rings. The van der Waals surface area contributed by atoms with Gasteiger partial charge in [0.2, 0.25) is 0 Å². The van der Waals surface area contributed by atoms with Crippen LogP contribution in [0.2, 0.25) is 0 Å². The molecule has 0 aliphatic rings. The SMILES string of the molecule is CC.CC.CC.CC(C)Cc1ccccc1CC(=O)O.COC(=O)Nc1ccccc1. The fraction of sp³-hybridized carbons (Fsp3) is 0.462. The number of carbonyl (C=O) groups is 2. The van der Waals surface area contributed by atoms with Gasteiger partial charge < -0.3 is 9.84 Å². The van der Waals surface area contributed by atoms with E-state index in [1.54, 1.807) is 12.1 Å². The summed E-state index contributed by atoms with van der Waals surface area (Å²) in [6.07, 6.45) is 0.628. The Morgan fingerprint density at radius 1 is 0.839 bits per heavy atom. The van der Waals surface area contributed by atoms with Crippen molar-refractivity contribution in [3.8, 4) is 0 Å². The molecule has 5 nitrogen and oxygen atoms in total. The second-order valence-corrected chi connectivity index (χ2v) is 5.92. The number of aliphatic carboxylic acids is 1. The molecule has 0 saturated heterocycles. The molecule has 0 aromatic heterocycles. The van der Waals surface area contributed by atoms with Crippen LogP contribution in [0, 0.1) is 5.92 Å². The number of rotatable bonds is 5. The summed E-state index contributed by atoms with van der Waals surface area (Å²) < 4.78 is 4.40. The Labute approximate surface area is 189 Å². The van der Waals surface area contributed by atoms with Gasteiger partial charge in [0.05, 0.1) is 13.5 Å². The fourth-order valence-electron chi connectivity index (χ4n) is 2.22. The van der Waals surface area contributed by atoms with Crippen LogP contribution >= 0.6 is 0 Å². The molecule has 2 aromatic rings. The van der Waals surface area contributed by atoms with Gasteiger partial charge in [0.15, 0.2) is 0 Å². The molecule has 5 heteroatoms. The number of para-hydroxylation sites is 1. The molecule has 1 amide bonds. The van der Waals surface area contributed by atoms with Gasteiger partial charge in [-0.3, -0.25) is 10.1 Å². The number of carboxylic acid groups (broad SMARTS) is 1. The monoisotopic (exact) mass is 433 g/mol. The number of carboxylic acids is 1. The molecule has 31 heavy (non-hydrogen) atoms. The van der Waals surface area contributed by atoms with E-state index in [1.807, 2.05) is 84.0 Å². The third kappa shape index (κ3) is 18.9. The molecule has 2 N–H and O–H groups in total. The average Bonchev–Trinajstić information content (AvgIpc) is 2.79. The first-order chi connectivity index (χ1) is 14.9. The highest BCUT2D eigenvalue weighted by Crippen LogP contribution is 2.14. The van der Waals surface area contributed by atoms with Gasteiger partial charge in [-0.05, 0) is 35.6 Å². The molecule has 0 atom stereocenters. The first-order valence-corrected chi connectivity index (χ1v) is 11.1.